The highest BCUT2D eigenvalue weighted by atomic mass is 32.1. The number of carbonyl (C=O) groups excluding carboxylic acids is 1. The lowest BCUT2D eigenvalue weighted by Gasteiger charge is -2.13. The van der Waals surface area contributed by atoms with Gasteiger partial charge in [0.2, 0.25) is 5.91 Å². The van der Waals surface area contributed by atoms with Gasteiger partial charge >= 0.3 is 0 Å². The summed E-state index contributed by atoms with van der Waals surface area (Å²) in [6.45, 7) is 0.186. The molecule has 0 aliphatic carbocycles. The highest BCUT2D eigenvalue weighted by molar-refractivity contribution is 7.71. The summed E-state index contributed by atoms with van der Waals surface area (Å²) in [4.78, 5) is 11.8. The van der Waals surface area contributed by atoms with Gasteiger partial charge in [0.15, 0.2) is 16.4 Å². The van der Waals surface area contributed by atoms with E-state index >= 15 is 0 Å². The Morgan fingerprint density at radius 2 is 2.07 bits per heavy atom. The highest BCUT2D eigenvalue weighted by Crippen LogP contribution is 2.36. The molecule has 1 aromatic heterocycles. The first-order chi connectivity index (χ1) is 12.8. The van der Waals surface area contributed by atoms with E-state index in [4.69, 9.17) is 17.5 Å². The van der Waals surface area contributed by atoms with Gasteiger partial charge in [-0.1, -0.05) is 0 Å². The number of benzene rings is 1. The summed E-state index contributed by atoms with van der Waals surface area (Å²) >= 11 is 5.41. The minimum Gasteiger partial charge on any atom is -0.343 e. The molecule has 2 aromatic rings. The SMILES string of the molecule is Cn1c(CCC(=O)NCC#N)c2n(c1=S)C[C@@H](c1c(F)ccc(F)c1F)C2. The molecule has 1 atom stereocenters. The molecule has 27 heavy (non-hydrogen) atoms. The Hall–Kier alpha value is -2.60. The van der Waals surface area contributed by atoms with Crippen LogP contribution in [0.3, 0.4) is 0 Å². The summed E-state index contributed by atoms with van der Waals surface area (Å²) in [6.07, 6.45) is 0.839. The number of halogens is 3. The van der Waals surface area contributed by atoms with Crippen LogP contribution in [0.4, 0.5) is 13.2 Å². The number of nitrogens with one attached hydrogen (secondary N) is 1. The average molecular weight is 394 g/mol. The molecule has 1 aliphatic rings. The largest absolute Gasteiger partial charge is 0.343 e. The molecule has 0 unspecified atom stereocenters. The van der Waals surface area contributed by atoms with Crippen molar-refractivity contribution in [2.45, 2.75) is 31.7 Å². The fraction of sp³-hybridized carbons (Fsp3) is 0.389. The number of carbonyl (C=O) groups is 1. The summed E-state index contributed by atoms with van der Waals surface area (Å²) in [6, 6.07) is 3.53. The monoisotopic (exact) mass is 394 g/mol. The van der Waals surface area contributed by atoms with Crippen LogP contribution in [0, 0.1) is 33.6 Å². The van der Waals surface area contributed by atoms with Crippen molar-refractivity contribution in [2.24, 2.45) is 7.05 Å². The van der Waals surface area contributed by atoms with E-state index in [2.05, 4.69) is 5.32 Å². The molecule has 0 fully saturated rings. The van der Waals surface area contributed by atoms with E-state index < -0.39 is 23.4 Å². The number of amides is 1. The van der Waals surface area contributed by atoms with Crippen LogP contribution in [-0.2, 0) is 31.2 Å². The lowest BCUT2D eigenvalue weighted by atomic mass is 9.94. The van der Waals surface area contributed by atoms with Gasteiger partial charge < -0.3 is 14.5 Å². The van der Waals surface area contributed by atoms with Crippen LogP contribution in [0.25, 0.3) is 0 Å². The van der Waals surface area contributed by atoms with E-state index in [0.717, 1.165) is 23.5 Å². The third-order valence-corrected chi connectivity index (χ3v) is 5.36. The maximum Gasteiger partial charge on any atom is 0.221 e. The maximum absolute atomic E-state index is 14.2. The number of nitrogens with zero attached hydrogens (tertiary/aromatic N) is 3. The maximum atomic E-state index is 14.2. The Balaban J connectivity index is 1.86. The summed E-state index contributed by atoms with van der Waals surface area (Å²) < 4.78 is 45.9. The Morgan fingerprint density at radius 1 is 1.37 bits per heavy atom. The van der Waals surface area contributed by atoms with Crippen molar-refractivity contribution in [1.82, 2.24) is 14.5 Å². The van der Waals surface area contributed by atoms with Crippen molar-refractivity contribution >= 4 is 18.1 Å². The standard InChI is InChI=1S/C18H17F3N4OS/c1-24-13(4-5-15(26)23-7-6-22)14-8-10(9-25(14)18(24)27)16-11(19)2-3-12(20)17(16)21/h2-3,10H,4-5,7-9H2,1H3,(H,23,26)/t10-/m0/s1. The number of fused-ring (bicyclic) bond motifs is 1. The van der Waals surface area contributed by atoms with Gasteiger partial charge in [0.25, 0.3) is 0 Å². The summed E-state index contributed by atoms with van der Waals surface area (Å²) in [5, 5.41) is 11.0. The van der Waals surface area contributed by atoms with Crippen molar-refractivity contribution in [2.75, 3.05) is 6.54 Å². The second kappa shape index (κ2) is 7.56. The second-order valence-electron chi connectivity index (χ2n) is 6.44. The molecule has 0 spiro atoms. The van der Waals surface area contributed by atoms with Crippen LogP contribution in [-0.4, -0.2) is 21.6 Å². The quantitative estimate of drug-likeness (QED) is 0.482. The van der Waals surface area contributed by atoms with Gasteiger partial charge in [0.1, 0.15) is 12.4 Å². The van der Waals surface area contributed by atoms with E-state index in [0.29, 0.717) is 17.6 Å². The fourth-order valence-corrected chi connectivity index (χ4v) is 3.87. The Morgan fingerprint density at radius 3 is 2.78 bits per heavy atom. The van der Waals surface area contributed by atoms with Gasteiger partial charge in [-0.25, -0.2) is 13.2 Å². The zero-order valence-electron chi connectivity index (χ0n) is 14.6. The van der Waals surface area contributed by atoms with Crippen LogP contribution >= 0.6 is 12.2 Å². The number of hydrogen-bond acceptors (Lipinski definition) is 3. The summed E-state index contributed by atoms with van der Waals surface area (Å²) in [5.74, 6) is -3.86. The first kappa shape index (κ1) is 19.2. The minimum absolute atomic E-state index is 0.0642. The van der Waals surface area contributed by atoms with Gasteiger partial charge in [-0.05, 0) is 37.2 Å². The van der Waals surface area contributed by atoms with Crippen molar-refractivity contribution in [1.29, 1.82) is 5.26 Å². The predicted octanol–water partition coefficient (Wildman–Crippen LogP) is 2.89. The van der Waals surface area contributed by atoms with Gasteiger partial charge in [0.05, 0.1) is 6.07 Å². The fourth-order valence-electron chi connectivity index (χ4n) is 3.58. The molecule has 1 amide bonds. The van der Waals surface area contributed by atoms with Crippen LogP contribution < -0.4 is 5.32 Å². The van der Waals surface area contributed by atoms with E-state index in [-0.39, 0.29) is 31.0 Å². The minimum atomic E-state index is -1.17. The molecule has 1 aromatic carbocycles. The molecule has 3 rings (SSSR count). The van der Waals surface area contributed by atoms with Crippen molar-refractivity contribution < 1.29 is 18.0 Å². The lowest BCUT2D eigenvalue weighted by Crippen LogP contribution is -2.24. The molecule has 5 nitrogen and oxygen atoms in total. The van der Waals surface area contributed by atoms with Crippen molar-refractivity contribution in [3.8, 4) is 6.07 Å². The number of aromatic nitrogens is 2. The second-order valence-corrected chi connectivity index (χ2v) is 6.80. The van der Waals surface area contributed by atoms with Crippen molar-refractivity contribution in [3.05, 3.63) is 51.3 Å². The van der Waals surface area contributed by atoms with Crippen LogP contribution in [0.1, 0.15) is 29.3 Å². The van der Waals surface area contributed by atoms with Gasteiger partial charge in [-0.2, -0.15) is 5.26 Å². The molecule has 142 valence electrons. The number of hydrogen-bond donors (Lipinski definition) is 1. The molecule has 2 heterocycles. The first-order valence-corrected chi connectivity index (χ1v) is 8.80. The van der Waals surface area contributed by atoms with E-state index in [1.165, 1.54) is 0 Å². The zero-order chi connectivity index (χ0) is 19.7. The van der Waals surface area contributed by atoms with Crippen LogP contribution in [0.15, 0.2) is 12.1 Å². The van der Waals surface area contributed by atoms with E-state index in [9.17, 15) is 18.0 Å². The molecule has 0 saturated carbocycles. The van der Waals surface area contributed by atoms with E-state index in [1.807, 2.05) is 6.07 Å². The topological polar surface area (TPSA) is 62.8 Å². The van der Waals surface area contributed by atoms with Gasteiger partial charge in [-0.3, -0.25) is 4.79 Å². The van der Waals surface area contributed by atoms with E-state index in [1.54, 1.807) is 16.2 Å². The van der Waals surface area contributed by atoms with Gasteiger partial charge in [-0.15, -0.1) is 0 Å². The summed E-state index contributed by atoms with van der Waals surface area (Å²) in [5.41, 5.74) is 1.32. The normalized spacial score (nSPS) is 15.4. The smallest absolute Gasteiger partial charge is 0.221 e. The number of nitriles is 1. The molecule has 1 N–H and O–H groups in total. The zero-order valence-corrected chi connectivity index (χ0v) is 15.4. The van der Waals surface area contributed by atoms with Crippen molar-refractivity contribution in [3.63, 3.8) is 0 Å². The molecular formula is C18H17F3N4OS. The molecule has 0 radical (unpaired) electrons. The third kappa shape index (κ3) is 3.49. The molecular weight excluding hydrogens is 377 g/mol. The first-order valence-electron chi connectivity index (χ1n) is 8.39. The molecule has 1 aliphatic heterocycles. The lowest BCUT2D eigenvalue weighted by molar-refractivity contribution is -0.120. The molecule has 9 heteroatoms. The predicted molar refractivity (Wildman–Crippen MR) is 93.9 cm³/mol. The number of rotatable bonds is 5. The third-order valence-electron chi connectivity index (χ3n) is 4.87. The number of imidazole rings is 1. The molecule has 0 saturated heterocycles. The highest BCUT2D eigenvalue weighted by Gasteiger charge is 2.32. The Labute approximate surface area is 159 Å². The Bertz CT molecular complexity index is 1010. The van der Waals surface area contributed by atoms with Crippen LogP contribution in [0.5, 0.6) is 0 Å². The average Bonchev–Trinajstić information content (AvgIpc) is 3.15. The summed E-state index contributed by atoms with van der Waals surface area (Å²) in [7, 11) is 1.77. The Kier molecular flexibility index (Phi) is 5.37. The van der Waals surface area contributed by atoms with Gasteiger partial charge in [0, 0.05) is 42.9 Å². The van der Waals surface area contributed by atoms with Crippen LogP contribution in [0.2, 0.25) is 0 Å². The molecule has 0 bridgehead atoms.